The molecule has 3 unspecified atom stereocenters. The molecule has 0 heterocycles. The number of rotatable bonds is 4. The third-order valence-electron chi connectivity index (χ3n) is 3.00. The molecule has 18 heavy (non-hydrogen) atoms. The van der Waals surface area contributed by atoms with Crippen LogP contribution in [0.1, 0.15) is 13.8 Å². The van der Waals surface area contributed by atoms with Crippen molar-refractivity contribution in [2.75, 3.05) is 5.88 Å². The number of halogens is 1. The number of aliphatic hydroxyl groups excluding tert-OH is 1. The van der Waals surface area contributed by atoms with Crippen LogP contribution < -0.4 is 0 Å². The van der Waals surface area contributed by atoms with E-state index in [4.69, 9.17) is 16.3 Å². The zero-order valence-corrected chi connectivity index (χ0v) is 11.0. The van der Waals surface area contributed by atoms with Crippen LogP contribution in [0.2, 0.25) is 0 Å². The molecule has 0 aliphatic heterocycles. The Labute approximate surface area is 110 Å². The summed E-state index contributed by atoms with van der Waals surface area (Å²) in [5.41, 5.74) is -0.777. The Hall–Kier alpha value is -0.880. The van der Waals surface area contributed by atoms with E-state index >= 15 is 0 Å². The van der Waals surface area contributed by atoms with Crippen molar-refractivity contribution in [2.45, 2.75) is 31.8 Å². The molecule has 0 aromatic carbocycles. The molecule has 6 heteroatoms. The summed E-state index contributed by atoms with van der Waals surface area (Å²) in [6, 6.07) is 0. The topological polar surface area (TPSA) is 87.0 Å². The second-order valence-corrected chi connectivity index (χ2v) is 4.72. The van der Waals surface area contributed by atoms with Gasteiger partial charge in [0.2, 0.25) is 0 Å². The minimum absolute atomic E-state index is 0.305. The number of carbonyl (C=O) groups is 1. The summed E-state index contributed by atoms with van der Waals surface area (Å²) in [5.74, 6) is -1.95. The fourth-order valence-electron chi connectivity index (χ4n) is 2.16. The molecule has 0 fully saturated rings. The van der Waals surface area contributed by atoms with E-state index in [1.807, 2.05) is 0 Å². The standard InChI is InChI=1S/C12H17ClO5/c1-6(2)8-4-9(18-7(3)14)12(17,5-13)10(8)11(15)16/h4,9-11,15-17H,1,5H2,2-3H3. The maximum absolute atomic E-state index is 11.0. The molecule has 1 rings (SSSR count). The van der Waals surface area contributed by atoms with Crippen molar-refractivity contribution in [2.24, 2.45) is 5.92 Å². The van der Waals surface area contributed by atoms with Gasteiger partial charge < -0.3 is 20.1 Å². The molecule has 0 aromatic heterocycles. The Morgan fingerprint density at radius 1 is 1.61 bits per heavy atom. The maximum Gasteiger partial charge on any atom is 0.303 e. The van der Waals surface area contributed by atoms with E-state index in [0.29, 0.717) is 11.1 Å². The van der Waals surface area contributed by atoms with Crippen LogP contribution in [-0.2, 0) is 9.53 Å². The monoisotopic (exact) mass is 276 g/mol. The van der Waals surface area contributed by atoms with Crippen molar-refractivity contribution in [3.05, 3.63) is 23.8 Å². The van der Waals surface area contributed by atoms with E-state index in [2.05, 4.69) is 6.58 Å². The number of alkyl halides is 1. The smallest absolute Gasteiger partial charge is 0.303 e. The lowest BCUT2D eigenvalue weighted by Crippen LogP contribution is -2.52. The van der Waals surface area contributed by atoms with Crippen LogP contribution in [0.5, 0.6) is 0 Å². The summed E-state index contributed by atoms with van der Waals surface area (Å²) < 4.78 is 4.97. The average Bonchev–Trinajstić information content (AvgIpc) is 2.52. The van der Waals surface area contributed by atoms with Gasteiger partial charge in [-0.05, 0) is 18.6 Å². The zero-order valence-electron chi connectivity index (χ0n) is 10.3. The first-order valence-electron chi connectivity index (χ1n) is 5.43. The van der Waals surface area contributed by atoms with Gasteiger partial charge in [0.25, 0.3) is 0 Å². The number of esters is 1. The summed E-state index contributed by atoms with van der Waals surface area (Å²) in [7, 11) is 0. The minimum atomic E-state index is -1.82. The predicted octanol–water partition coefficient (Wildman–Crippen LogP) is 0.331. The lowest BCUT2D eigenvalue weighted by atomic mass is 9.84. The summed E-state index contributed by atoms with van der Waals surface area (Å²) in [6.45, 7) is 6.56. The van der Waals surface area contributed by atoms with Crippen LogP contribution in [0.25, 0.3) is 0 Å². The fraction of sp³-hybridized carbons (Fsp3) is 0.583. The largest absolute Gasteiger partial charge is 0.455 e. The van der Waals surface area contributed by atoms with Crippen LogP contribution >= 0.6 is 11.6 Å². The summed E-state index contributed by atoms with van der Waals surface area (Å²) >= 11 is 5.71. The third-order valence-corrected chi connectivity index (χ3v) is 3.42. The molecule has 5 nitrogen and oxygen atoms in total. The predicted molar refractivity (Wildman–Crippen MR) is 65.8 cm³/mol. The second-order valence-electron chi connectivity index (χ2n) is 4.45. The van der Waals surface area contributed by atoms with E-state index in [-0.39, 0.29) is 5.88 Å². The van der Waals surface area contributed by atoms with Crippen molar-refractivity contribution in [1.82, 2.24) is 0 Å². The molecule has 0 radical (unpaired) electrons. The van der Waals surface area contributed by atoms with Crippen molar-refractivity contribution in [1.29, 1.82) is 0 Å². The Morgan fingerprint density at radius 3 is 2.50 bits per heavy atom. The molecule has 1 aliphatic rings. The van der Waals surface area contributed by atoms with Gasteiger partial charge in [0, 0.05) is 6.92 Å². The number of ether oxygens (including phenoxy) is 1. The van der Waals surface area contributed by atoms with Gasteiger partial charge in [-0.3, -0.25) is 4.79 Å². The Bertz CT molecular complexity index is 390. The molecular formula is C12H17ClO5. The number of allylic oxidation sites excluding steroid dienone is 1. The van der Waals surface area contributed by atoms with Crippen LogP contribution in [0.4, 0.5) is 0 Å². The molecule has 102 valence electrons. The second kappa shape index (κ2) is 5.40. The lowest BCUT2D eigenvalue weighted by Gasteiger charge is -2.35. The highest BCUT2D eigenvalue weighted by Gasteiger charge is 2.53. The zero-order chi connectivity index (χ0) is 14.1. The number of hydrogen-bond acceptors (Lipinski definition) is 5. The minimum Gasteiger partial charge on any atom is -0.455 e. The SMILES string of the molecule is C=C(C)C1=CC(OC(C)=O)C(O)(CCl)C1C(O)O. The van der Waals surface area contributed by atoms with Gasteiger partial charge in [0.15, 0.2) is 12.4 Å². The van der Waals surface area contributed by atoms with Crippen molar-refractivity contribution in [3.8, 4) is 0 Å². The highest BCUT2D eigenvalue weighted by molar-refractivity contribution is 6.18. The molecule has 0 spiro atoms. The van der Waals surface area contributed by atoms with E-state index in [0.717, 1.165) is 0 Å². The Balaban J connectivity index is 3.19. The molecule has 0 saturated carbocycles. The van der Waals surface area contributed by atoms with Gasteiger partial charge in [-0.15, -0.1) is 11.6 Å². The summed E-state index contributed by atoms with van der Waals surface area (Å²) in [5, 5.41) is 29.2. The number of hydrogen-bond donors (Lipinski definition) is 3. The van der Waals surface area contributed by atoms with Gasteiger partial charge in [-0.1, -0.05) is 12.2 Å². The average molecular weight is 277 g/mol. The molecule has 3 N–H and O–H groups in total. The van der Waals surface area contributed by atoms with Gasteiger partial charge >= 0.3 is 5.97 Å². The highest BCUT2D eigenvalue weighted by Crippen LogP contribution is 2.42. The van der Waals surface area contributed by atoms with Crippen molar-refractivity contribution >= 4 is 17.6 Å². The molecule has 1 aliphatic carbocycles. The Morgan fingerprint density at radius 2 is 2.17 bits per heavy atom. The molecule has 0 aromatic rings. The van der Waals surface area contributed by atoms with Gasteiger partial charge in [0.1, 0.15) is 5.60 Å². The number of aliphatic hydroxyl groups is 3. The first kappa shape index (κ1) is 15.2. The summed E-state index contributed by atoms with van der Waals surface area (Å²) in [6.07, 6.45) is -1.39. The molecule has 0 bridgehead atoms. The van der Waals surface area contributed by atoms with Gasteiger partial charge in [-0.25, -0.2) is 0 Å². The lowest BCUT2D eigenvalue weighted by molar-refractivity contribution is -0.175. The molecule has 0 amide bonds. The van der Waals surface area contributed by atoms with Crippen LogP contribution in [0.15, 0.2) is 23.8 Å². The van der Waals surface area contributed by atoms with E-state index in [1.165, 1.54) is 13.0 Å². The van der Waals surface area contributed by atoms with E-state index < -0.39 is 29.9 Å². The Kier molecular flexibility index (Phi) is 4.55. The molecular weight excluding hydrogens is 260 g/mol. The van der Waals surface area contributed by atoms with Crippen LogP contribution in [0.3, 0.4) is 0 Å². The van der Waals surface area contributed by atoms with Crippen molar-refractivity contribution in [3.63, 3.8) is 0 Å². The summed E-state index contributed by atoms with van der Waals surface area (Å²) in [4.78, 5) is 11.0. The van der Waals surface area contributed by atoms with Gasteiger partial charge in [0.05, 0.1) is 11.8 Å². The maximum atomic E-state index is 11.0. The molecule has 0 saturated heterocycles. The quantitative estimate of drug-likeness (QED) is 0.391. The van der Waals surface area contributed by atoms with E-state index in [9.17, 15) is 20.1 Å². The third kappa shape index (κ3) is 2.59. The normalized spacial score (nSPS) is 31.4. The first-order valence-corrected chi connectivity index (χ1v) is 5.96. The first-order chi connectivity index (χ1) is 8.24. The molecule has 3 atom stereocenters. The highest BCUT2D eigenvalue weighted by atomic mass is 35.5. The van der Waals surface area contributed by atoms with Crippen LogP contribution in [0, 0.1) is 5.92 Å². The van der Waals surface area contributed by atoms with Crippen molar-refractivity contribution < 1.29 is 24.9 Å². The van der Waals surface area contributed by atoms with Crippen LogP contribution in [-0.4, -0.2) is 45.2 Å². The fourth-order valence-corrected chi connectivity index (χ4v) is 2.48. The van der Waals surface area contributed by atoms with E-state index in [1.54, 1.807) is 6.92 Å². The van der Waals surface area contributed by atoms with Gasteiger partial charge in [-0.2, -0.15) is 0 Å². The number of carbonyl (C=O) groups excluding carboxylic acids is 1.